The number of phenols is 1. The zero-order valence-electron chi connectivity index (χ0n) is 15.7. The summed E-state index contributed by atoms with van der Waals surface area (Å²) in [7, 11) is 3.19. The van der Waals surface area contributed by atoms with E-state index < -0.39 is 34.4 Å². The topological polar surface area (TPSA) is 91.0 Å². The Kier molecular flexibility index (Phi) is 5.67. The third-order valence-electron chi connectivity index (χ3n) is 4.53. The Labute approximate surface area is 159 Å². The van der Waals surface area contributed by atoms with Crippen LogP contribution in [0.3, 0.4) is 0 Å². The number of alkyl halides is 3. The molecule has 2 aromatic rings. The van der Waals surface area contributed by atoms with E-state index in [1.807, 2.05) is 0 Å². The molecule has 0 aliphatic heterocycles. The van der Waals surface area contributed by atoms with Gasteiger partial charge in [-0.05, 0) is 41.8 Å². The molecule has 28 heavy (non-hydrogen) atoms. The number of nitrogen functional groups attached to an aromatic ring is 1. The monoisotopic (exact) mass is 399 g/mol. The number of hydrogen-bond acceptors (Lipinski definition) is 6. The molecule has 0 fully saturated rings. The molecule has 9 heteroatoms. The van der Waals surface area contributed by atoms with Crippen LogP contribution in [0.15, 0.2) is 30.3 Å². The van der Waals surface area contributed by atoms with Crippen molar-refractivity contribution < 1.29 is 37.3 Å². The van der Waals surface area contributed by atoms with Crippen LogP contribution in [0.1, 0.15) is 16.7 Å². The van der Waals surface area contributed by atoms with Crippen LogP contribution in [-0.4, -0.2) is 38.6 Å². The maximum absolute atomic E-state index is 14.5. The Hall–Kier alpha value is -3.10. The number of carbonyl (C=O) groups excluding carboxylic acids is 1. The average molecular weight is 399 g/mol. The van der Waals surface area contributed by atoms with E-state index in [1.54, 1.807) is 0 Å². The Morgan fingerprint density at radius 2 is 1.54 bits per heavy atom. The molecule has 0 aromatic heterocycles. The van der Waals surface area contributed by atoms with Crippen molar-refractivity contribution in [3.63, 3.8) is 0 Å². The van der Waals surface area contributed by atoms with Crippen molar-refractivity contribution in [2.24, 2.45) is 0 Å². The summed E-state index contributed by atoms with van der Waals surface area (Å²) in [5.41, 5.74) is 2.22. The van der Waals surface area contributed by atoms with Crippen LogP contribution >= 0.6 is 0 Å². The zero-order valence-corrected chi connectivity index (χ0v) is 15.7. The van der Waals surface area contributed by atoms with Gasteiger partial charge in [-0.3, -0.25) is 4.79 Å². The van der Waals surface area contributed by atoms with Crippen molar-refractivity contribution in [3.05, 3.63) is 47.0 Å². The highest BCUT2D eigenvalue weighted by molar-refractivity contribution is 5.90. The number of methoxy groups -OCH3 is 3. The summed E-state index contributed by atoms with van der Waals surface area (Å²) in [4.78, 5) is 12.6. The van der Waals surface area contributed by atoms with Crippen molar-refractivity contribution in [3.8, 4) is 17.2 Å². The second-order valence-electron chi connectivity index (χ2n) is 6.04. The number of benzene rings is 2. The Morgan fingerprint density at radius 1 is 1.00 bits per heavy atom. The molecular formula is C19H20F3NO5. The molecule has 0 amide bonds. The number of ether oxygens (including phenoxy) is 3. The largest absolute Gasteiger partial charge is 0.502 e. The van der Waals surface area contributed by atoms with Gasteiger partial charge in [-0.25, -0.2) is 0 Å². The molecule has 6 nitrogen and oxygen atoms in total. The molecule has 2 rings (SSSR count). The summed E-state index contributed by atoms with van der Waals surface area (Å²) < 4.78 is 58.0. The minimum absolute atomic E-state index is 0.269. The first-order valence-electron chi connectivity index (χ1n) is 8.01. The van der Waals surface area contributed by atoms with Crippen molar-refractivity contribution in [1.82, 2.24) is 0 Å². The minimum Gasteiger partial charge on any atom is -0.502 e. The lowest BCUT2D eigenvalue weighted by molar-refractivity contribution is -0.198. The maximum atomic E-state index is 14.5. The van der Waals surface area contributed by atoms with E-state index in [2.05, 4.69) is 4.74 Å². The van der Waals surface area contributed by atoms with E-state index in [1.165, 1.54) is 33.3 Å². The lowest BCUT2D eigenvalue weighted by atomic mass is 9.73. The predicted octanol–water partition coefficient (Wildman–Crippen LogP) is 3.32. The standard InChI is InChI=1S/C19H20F3NO5/c1-10-7-11(5-6-13(10)23)18(17(25)28-4,19(20,21)22)12-8-14(26-2)16(24)15(9-12)27-3/h5-9,24H,23H2,1-4H3. The number of phenolic OH excluding ortho intramolecular Hbond substituents is 1. The van der Waals surface area contributed by atoms with Crippen molar-refractivity contribution in [2.45, 2.75) is 18.5 Å². The number of nitrogens with two attached hydrogens (primary N) is 1. The molecule has 1 unspecified atom stereocenters. The van der Waals surface area contributed by atoms with Crippen LogP contribution in [0.5, 0.6) is 17.2 Å². The van der Waals surface area contributed by atoms with Gasteiger partial charge in [0.05, 0.1) is 21.3 Å². The van der Waals surface area contributed by atoms with Crippen LogP contribution in [0, 0.1) is 6.92 Å². The van der Waals surface area contributed by atoms with Crippen LogP contribution in [-0.2, 0) is 14.9 Å². The van der Waals surface area contributed by atoms with Gasteiger partial charge in [0.2, 0.25) is 11.2 Å². The molecule has 0 radical (unpaired) electrons. The van der Waals surface area contributed by atoms with Gasteiger partial charge in [-0.1, -0.05) is 12.1 Å². The summed E-state index contributed by atoms with van der Waals surface area (Å²) in [6.07, 6.45) is -5.10. The van der Waals surface area contributed by atoms with Gasteiger partial charge >= 0.3 is 12.1 Å². The second kappa shape index (κ2) is 7.49. The zero-order chi connectivity index (χ0) is 21.3. The van der Waals surface area contributed by atoms with Gasteiger partial charge in [0.1, 0.15) is 0 Å². The molecule has 3 N–H and O–H groups in total. The van der Waals surface area contributed by atoms with Gasteiger partial charge in [0.15, 0.2) is 11.5 Å². The van der Waals surface area contributed by atoms with E-state index in [9.17, 15) is 23.1 Å². The number of hydrogen-bond donors (Lipinski definition) is 2. The van der Waals surface area contributed by atoms with Gasteiger partial charge in [-0.2, -0.15) is 13.2 Å². The first kappa shape index (κ1) is 21.2. The van der Waals surface area contributed by atoms with Gasteiger partial charge < -0.3 is 25.1 Å². The fraction of sp³-hybridized carbons (Fsp3) is 0.316. The number of anilines is 1. The summed E-state index contributed by atoms with van der Waals surface area (Å²) >= 11 is 0. The first-order chi connectivity index (χ1) is 13.0. The number of halogens is 3. The molecule has 0 saturated heterocycles. The summed E-state index contributed by atoms with van der Waals surface area (Å²) in [5.74, 6) is -2.64. The first-order valence-corrected chi connectivity index (χ1v) is 8.01. The van der Waals surface area contributed by atoms with Gasteiger partial charge in [-0.15, -0.1) is 0 Å². The molecule has 0 heterocycles. The Morgan fingerprint density at radius 3 is 1.93 bits per heavy atom. The number of rotatable bonds is 5. The smallest absolute Gasteiger partial charge is 0.412 e. The highest BCUT2D eigenvalue weighted by Gasteiger charge is 2.64. The van der Waals surface area contributed by atoms with E-state index in [-0.39, 0.29) is 17.2 Å². The summed E-state index contributed by atoms with van der Waals surface area (Å²) in [5, 5.41) is 10.1. The molecular weight excluding hydrogens is 379 g/mol. The fourth-order valence-corrected chi connectivity index (χ4v) is 3.02. The number of aryl methyl sites for hydroxylation is 1. The molecule has 2 aromatic carbocycles. The van der Waals surface area contributed by atoms with Crippen LogP contribution in [0.2, 0.25) is 0 Å². The normalized spacial score (nSPS) is 13.5. The minimum atomic E-state index is -5.10. The molecule has 0 aliphatic rings. The summed E-state index contributed by atoms with van der Waals surface area (Å²) in [6.45, 7) is 1.52. The van der Waals surface area contributed by atoms with Crippen LogP contribution in [0.25, 0.3) is 0 Å². The van der Waals surface area contributed by atoms with E-state index in [4.69, 9.17) is 15.2 Å². The van der Waals surface area contributed by atoms with Crippen molar-refractivity contribution in [1.29, 1.82) is 0 Å². The second-order valence-corrected chi connectivity index (χ2v) is 6.04. The number of esters is 1. The average Bonchev–Trinajstić information content (AvgIpc) is 2.64. The van der Waals surface area contributed by atoms with Crippen LogP contribution < -0.4 is 15.2 Å². The third kappa shape index (κ3) is 3.17. The lowest BCUT2D eigenvalue weighted by Crippen LogP contribution is -2.51. The highest BCUT2D eigenvalue weighted by Crippen LogP contribution is 2.51. The lowest BCUT2D eigenvalue weighted by Gasteiger charge is -2.34. The SMILES string of the molecule is COC(=O)C(c1ccc(N)c(C)c1)(c1cc(OC)c(O)c(OC)c1)C(F)(F)F. The van der Waals surface area contributed by atoms with Crippen LogP contribution in [0.4, 0.5) is 18.9 Å². The molecule has 0 aliphatic carbocycles. The van der Waals surface area contributed by atoms with E-state index in [0.29, 0.717) is 5.56 Å². The Balaban J connectivity index is 3.01. The molecule has 1 atom stereocenters. The number of aromatic hydroxyl groups is 1. The van der Waals surface area contributed by atoms with Crippen molar-refractivity contribution >= 4 is 11.7 Å². The van der Waals surface area contributed by atoms with Crippen molar-refractivity contribution in [2.75, 3.05) is 27.1 Å². The Bertz CT molecular complexity index is 873. The number of carbonyl (C=O) groups is 1. The molecule has 0 saturated carbocycles. The molecule has 0 spiro atoms. The summed E-state index contributed by atoms with van der Waals surface area (Å²) in [6, 6.07) is 5.41. The molecule has 0 bridgehead atoms. The third-order valence-corrected chi connectivity index (χ3v) is 4.53. The van der Waals surface area contributed by atoms with E-state index >= 15 is 0 Å². The maximum Gasteiger partial charge on any atom is 0.412 e. The quantitative estimate of drug-likeness (QED) is 0.592. The highest BCUT2D eigenvalue weighted by atomic mass is 19.4. The fourth-order valence-electron chi connectivity index (χ4n) is 3.02. The molecule has 152 valence electrons. The van der Waals surface area contributed by atoms with Gasteiger partial charge in [0.25, 0.3) is 0 Å². The van der Waals surface area contributed by atoms with E-state index in [0.717, 1.165) is 25.3 Å². The predicted molar refractivity (Wildman–Crippen MR) is 95.7 cm³/mol. The van der Waals surface area contributed by atoms with Gasteiger partial charge in [0, 0.05) is 5.69 Å².